The van der Waals surface area contributed by atoms with Gasteiger partial charge in [0, 0.05) is 112 Å². The van der Waals surface area contributed by atoms with E-state index < -0.39 is 62.8 Å². The molecule has 0 bridgehead atoms. The van der Waals surface area contributed by atoms with Gasteiger partial charge in [-0.25, -0.2) is 32.7 Å². The fourth-order valence-corrected chi connectivity index (χ4v) is 11.5. The first-order chi connectivity index (χ1) is 36.3. The molecule has 24 heteroatoms. The minimum atomic E-state index is -4.81. The number of anilines is 3. The van der Waals surface area contributed by atoms with Crippen LogP contribution in [0.2, 0.25) is 0 Å². The number of fused-ring (bicyclic) bond motifs is 1. The topological polar surface area (TPSA) is 230 Å². The van der Waals surface area contributed by atoms with Gasteiger partial charge in [0.2, 0.25) is 23.7 Å². The zero-order chi connectivity index (χ0) is 53.6. The van der Waals surface area contributed by atoms with Gasteiger partial charge >= 0.3 is 12.2 Å². The molecule has 0 radical (unpaired) electrons. The standard InChI is InChI=1S/C52H53F4N11O8S/c1-29(68)66(36-9-5-34(6-10-36)61-50-58-26-41(52(54,55)56)46(63-50)32-19-38(25-57-22-32)76(2,73)74)35-7-3-31(4-8-35)33-23-59-51(60-24-33)75-37-15-16-64(28-37)27-30-13-17-65(18-14-30)44-21-40-39(20-42(44)53)48(71)67(49(40)72)43-11-12-45(69)62-47(43)70/h3-4,7-8,19-26,30,34,36-37,43H,5-6,9-18,27-28H2,1-2H3,(H,58,61,63)(H,62,69,70)/t34?,36?,37-,43?/m1/s1. The van der Waals surface area contributed by atoms with Crippen molar-refractivity contribution in [2.45, 2.75) is 100 Å². The van der Waals surface area contributed by atoms with E-state index in [2.05, 4.69) is 40.5 Å². The summed E-state index contributed by atoms with van der Waals surface area (Å²) in [4.78, 5) is 91.3. The Balaban J connectivity index is 0.689. The Morgan fingerprint density at radius 1 is 0.829 bits per heavy atom. The lowest BCUT2D eigenvalue weighted by molar-refractivity contribution is -0.138. The molecule has 7 heterocycles. The van der Waals surface area contributed by atoms with E-state index in [9.17, 15) is 45.6 Å². The number of aromatic nitrogens is 5. The van der Waals surface area contributed by atoms with Crippen LogP contribution in [-0.2, 0) is 30.4 Å². The van der Waals surface area contributed by atoms with Crippen molar-refractivity contribution in [3.8, 4) is 28.4 Å². The van der Waals surface area contributed by atoms with Gasteiger partial charge in [-0.15, -0.1) is 0 Å². The minimum absolute atomic E-state index is 0.00738. The number of benzene rings is 2. The average molecular weight is 1070 g/mol. The summed E-state index contributed by atoms with van der Waals surface area (Å²) in [7, 11) is -3.75. The smallest absolute Gasteiger partial charge is 0.419 e. The van der Waals surface area contributed by atoms with Gasteiger partial charge in [0.15, 0.2) is 9.84 Å². The van der Waals surface area contributed by atoms with Crippen LogP contribution in [0, 0.1) is 11.7 Å². The van der Waals surface area contributed by atoms with E-state index in [-0.39, 0.29) is 76.2 Å². The van der Waals surface area contributed by atoms with Crippen LogP contribution in [0.4, 0.5) is 34.9 Å². The van der Waals surface area contributed by atoms with Gasteiger partial charge in [0.1, 0.15) is 23.5 Å². The van der Waals surface area contributed by atoms with Crippen molar-refractivity contribution in [3.05, 3.63) is 96.0 Å². The summed E-state index contributed by atoms with van der Waals surface area (Å²) in [6.45, 7) is 4.96. The summed E-state index contributed by atoms with van der Waals surface area (Å²) < 4.78 is 88.1. The Morgan fingerprint density at radius 2 is 1.53 bits per heavy atom. The number of sulfone groups is 1. The van der Waals surface area contributed by atoms with E-state index in [0.717, 1.165) is 79.2 Å². The summed E-state index contributed by atoms with van der Waals surface area (Å²) in [5.74, 6) is -3.08. The van der Waals surface area contributed by atoms with Crippen LogP contribution in [0.3, 0.4) is 0 Å². The molecule has 398 valence electrons. The molecule has 4 aliphatic heterocycles. The number of pyridine rings is 1. The van der Waals surface area contributed by atoms with Gasteiger partial charge in [-0.05, 0) is 93.2 Å². The molecule has 5 aliphatic rings. The van der Waals surface area contributed by atoms with E-state index in [1.165, 1.54) is 13.0 Å². The number of hydrogen-bond acceptors (Lipinski definition) is 16. The number of ether oxygens (including phenoxy) is 1. The highest BCUT2D eigenvalue weighted by Gasteiger charge is 2.46. The van der Waals surface area contributed by atoms with Crippen molar-refractivity contribution in [1.82, 2.24) is 40.0 Å². The largest absolute Gasteiger partial charge is 0.459 e. The molecule has 3 aromatic heterocycles. The van der Waals surface area contributed by atoms with Gasteiger partial charge < -0.3 is 19.9 Å². The molecule has 4 fully saturated rings. The maximum Gasteiger partial charge on any atom is 0.419 e. The first kappa shape index (κ1) is 52.0. The van der Waals surface area contributed by atoms with E-state index >= 15 is 4.39 Å². The number of alkyl halides is 3. The molecule has 1 aliphatic carbocycles. The Hall–Kier alpha value is -7.47. The number of carbonyl (C=O) groups excluding carboxylic acids is 5. The summed E-state index contributed by atoms with van der Waals surface area (Å²) in [6, 6.07) is 9.88. The molecular formula is C52H53F4N11O8S. The molecule has 76 heavy (non-hydrogen) atoms. The zero-order valence-corrected chi connectivity index (χ0v) is 42.2. The van der Waals surface area contributed by atoms with E-state index in [1.54, 1.807) is 17.3 Å². The summed E-state index contributed by atoms with van der Waals surface area (Å²) >= 11 is 0. The number of nitrogens with zero attached hydrogens (tertiary/aromatic N) is 9. The van der Waals surface area contributed by atoms with Gasteiger partial charge in [0.25, 0.3) is 11.8 Å². The van der Waals surface area contributed by atoms with Crippen molar-refractivity contribution in [2.75, 3.05) is 54.1 Å². The van der Waals surface area contributed by atoms with Crippen molar-refractivity contribution < 1.29 is 54.7 Å². The van der Waals surface area contributed by atoms with Crippen LogP contribution in [0.1, 0.15) is 91.0 Å². The van der Waals surface area contributed by atoms with E-state index in [1.807, 2.05) is 29.2 Å². The van der Waals surface area contributed by atoms with Crippen molar-refractivity contribution in [1.29, 1.82) is 0 Å². The predicted octanol–water partition coefficient (Wildman–Crippen LogP) is 6.10. The molecule has 5 aromatic rings. The Labute approximate surface area is 434 Å². The average Bonchev–Trinajstić information content (AvgIpc) is 3.94. The molecule has 3 saturated heterocycles. The molecule has 2 atom stereocenters. The maximum absolute atomic E-state index is 15.5. The number of nitrogens with one attached hydrogen (secondary N) is 2. The molecule has 19 nitrogen and oxygen atoms in total. The number of hydrogen-bond donors (Lipinski definition) is 2. The summed E-state index contributed by atoms with van der Waals surface area (Å²) in [5.41, 5.74) is 0.733. The lowest BCUT2D eigenvalue weighted by Gasteiger charge is -2.36. The number of likely N-dealkylation sites (tertiary alicyclic amines) is 1. The highest BCUT2D eigenvalue weighted by molar-refractivity contribution is 7.90. The van der Waals surface area contributed by atoms with Gasteiger partial charge in [0.05, 0.1) is 27.4 Å². The summed E-state index contributed by atoms with van der Waals surface area (Å²) in [6.07, 6.45) is 6.93. The van der Waals surface area contributed by atoms with Crippen LogP contribution in [-0.4, -0.2) is 136 Å². The SMILES string of the molecule is CC(=O)N(c1ccc(-c2cnc(O[C@@H]3CCN(CC4CCN(c5cc6c(cc5F)C(=O)N(C5CCC(=O)NC5=O)C6=O)CC4)C3)nc2)cc1)C1CCC(Nc2ncc(C(F)(F)F)c(-c3cncc(S(C)(=O)=O)c3)n2)CC1. The Bertz CT molecular complexity index is 3210. The zero-order valence-electron chi connectivity index (χ0n) is 41.4. The second kappa shape index (κ2) is 20.9. The monoisotopic (exact) mass is 1070 g/mol. The summed E-state index contributed by atoms with van der Waals surface area (Å²) in [5, 5.41) is 5.31. The highest BCUT2D eigenvalue weighted by atomic mass is 32.2. The van der Waals surface area contributed by atoms with Gasteiger partial charge in [-0.1, -0.05) is 12.1 Å². The second-order valence-electron chi connectivity index (χ2n) is 20.0. The third-order valence-corrected chi connectivity index (χ3v) is 15.9. The minimum Gasteiger partial charge on any atom is -0.459 e. The van der Waals surface area contributed by atoms with Gasteiger partial charge in [-0.2, -0.15) is 13.2 Å². The normalized spacial score (nSPS) is 21.7. The van der Waals surface area contributed by atoms with Crippen LogP contribution in [0.5, 0.6) is 6.01 Å². The number of rotatable bonds is 13. The first-order valence-corrected chi connectivity index (χ1v) is 26.9. The fourth-order valence-electron chi connectivity index (χ4n) is 10.9. The van der Waals surface area contributed by atoms with Crippen LogP contribution < -0.4 is 25.2 Å². The van der Waals surface area contributed by atoms with Crippen LogP contribution in [0.15, 0.2) is 78.3 Å². The molecule has 2 N–H and O–H groups in total. The third-order valence-electron chi connectivity index (χ3n) is 14.8. The molecule has 2 aromatic carbocycles. The number of carbonyl (C=O) groups is 5. The van der Waals surface area contributed by atoms with Crippen LogP contribution in [0.25, 0.3) is 22.4 Å². The molecular weight excluding hydrogens is 1010 g/mol. The van der Waals surface area contributed by atoms with Crippen molar-refractivity contribution in [2.24, 2.45) is 5.92 Å². The van der Waals surface area contributed by atoms with E-state index in [0.29, 0.717) is 63.1 Å². The number of amides is 5. The van der Waals surface area contributed by atoms with E-state index in [4.69, 9.17) is 4.74 Å². The maximum atomic E-state index is 15.5. The van der Waals surface area contributed by atoms with Crippen molar-refractivity contribution in [3.63, 3.8) is 0 Å². The lowest BCUT2D eigenvalue weighted by atomic mass is 9.89. The number of imide groups is 2. The molecule has 1 unspecified atom stereocenters. The first-order valence-electron chi connectivity index (χ1n) is 25.0. The quantitative estimate of drug-likeness (QED) is 0.100. The molecule has 1 saturated carbocycles. The molecule has 0 spiro atoms. The molecule has 10 rings (SSSR count). The van der Waals surface area contributed by atoms with Crippen LogP contribution >= 0.6 is 0 Å². The van der Waals surface area contributed by atoms with Gasteiger partial charge in [-0.3, -0.25) is 44.1 Å². The second-order valence-corrected chi connectivity index (χ2v) is 22.0. The lowest BCUT2D eigenvalue weighted by Crippen LogP contribution is -2.54. The Morgan fingerprint density at radius 3 is 2.18 bits per heavy atom. The number of piperidine rings is 2. The predicted molar refractivity (Wildman–Crippen MR) is 267 cm³/mol. The third kappa shape index (κ3) is 10.9. The van der Waals surface area contributed by atoms with Crippen molar-refractivity contribution >= 4 is 56.7 Å². The number of halogens is 4. The fraction of sp³-hybridized carbons (Fsp3) is 0.423. The Kier molecular flexibility index (Phi) is 14.3. The highest BCUT2D eigenvalue weighted by Crippen LogP contribution is 2.39. The molecule has 5 amide bonds.